The minimum Gasteiger partial charge on any atom is -0.323 e. The van der Waals surface area contributed by atoms with Gasteiger partial charge >= 0.3 is 0 Å². The van der Waals surface area contributed by atoms with Crippen LogP contribution in [0.15, 0.2) is 6.07 Å². The number of thioether (sulfide) groups is 1. The number of pyridine rings is 1. The highest BCUT2D eigenvalue weighted by Crippen LogP contribution is 2.27. The molecule has 2 rings (SSSR count). The summed E-state index contributed by atoms with van der Waals surface area (Å²) in [5, 5.41) is 7.24. The molecular formula is C13H17Cl2N3OS. The predicted octanol–water partition coefficient (Wildman–Crippen LogP) is 3.12. The summed E-state index contributed by atoms with van der Waals surface area (Å²) in [6.45, 7) is 3.91. The molecule has 0 saturated carbocycles. The monoisotopic (exact) mass is 333 g/mol. The molecule has 0 aromatic carbocycles. The molecule has 2 heterocycles. The van der Waals surface area contributed by atoms with Gasteiger partial charge in [0.15, 0.2) is 5.15 Å². The summed E-state index contributed by atoms with van der Waals surface area (Å²) in [5.41, 5.74) is 1.36. The summed E-state index contributed by atoms with van der Waals surface area (Å²) >= 11 is 13.5. The lowest BCUT2D eigenvalue weighted by Gasteiger charge is -2.21. The fourth-order valence-electron chi connectivity index (χ4n) is 2.08. The smallest absolute Gasteiger partial charge is 0.234 e. The molecule has 0 bridgehead atoms. The van der Waals surface area contributed by atoms with Crippen molar-refractivity contribution in [2.75, 3.05) is 24.2 Å². The van der Waals surface area contributed by atoms with Crippen LogP contribution in [-0.2, 0) is 4.79 Å². The second-order valence-electron chi connectivity index (χ2n) is 4.74. The third-order valence-electron chi connectivity index (χ3n) is 3.14. The van der Waals surface area contributed by atoms with Gasteiger partial charge in [-0.05, 0) is 44.5 Å². The molecule has 7 heteroatoms. The molecule has 1 saturated heterocycles. The van der Waals surface area contributed by atoms with E-state index in [9.17, 15) is 4.79 Å². The van der Waals surface area contributed by atoms with Gasteiger partial charge in [0.05, 0.1) is 11.4 Å². The van der Waals surface area contributed by atoms with Gasteiger partial charge in [0, 0.05) is 5.25 Å². The van der Waals surface area contributed by atoms with E-state index in [4.69, 9.17) is 23.2 Å². The van der Waals surface area contributed by atoms with Crippen LogP contribution in [0.4, 0.5) is 5.69 Å². The van der Waals surface area contributed by atoms with E-state index in [2.05, 4.69) is 15.6 Å². The molecule has 110 valence electrons. The number of nitrogens with zero attached hydrogens (tertiary/aromatic N) is 1. The van der Waals surface area contributed by atoms with Crippen LogP contribution in [0.5, 0.6) is 0 Å². The first kappa shape index (κ1) is 15.9. The molecule has 1 aliphatic rings. The summed E-state index contributed by atoms with van der Waals surface area (Å²) in [5.74, 6) is 0.380. The van der Waals surface area contributed by atoms with Gasteiger partial charge in [0.1, 0.15) is 5.15 Å². The highest BCUT2D eigenvalue weighted by atomic mass is 35.5. The van der Waals surface area contributed by atoms with E-state index in [1.165, 1.54) is 0 Å². The highest BCUT2D eigenvalue weighted by molar-refractivity contribution is 8.00. The third kappa shape index (κ3) is 4.52. The van der Waals surface area contributed by atoms with Crippen molar-refractivity contribution < 1.29 is 4.79 Å². The number of aryl methyl sites for hydroxylation is 1. The maximum atomic E-state index is 12.0. The van der Waals surface area contributed by atoms with Gasteiger partial charge in [0.2, 0.25) is 5.91 Å². The number of anilines is 1. The second-order valence-corrected chi connectivity index (χ2v) is 6.77. The van der Waals surface area contributed by atoms with Crippen molar-refractivity contribution in [3.8, 4) is 0 Å². The van der Waals surface area contributed by atoms with Crippen molar-refractivity contribution in [1.82, 2.24) is 10.3 Å². The van der Waals surface area contributed by atoms with Gasteiger partial charge < -0.3 is 10.6 Å². The van der Waals surface area contributed by atoms with E-state index in [0.717, 1.165) is 31.5 Å². The molecule has 2 N–H and O–H groups in total. The Morgan fingerprint density at radius 2 is 2.20 bits per heavy atom. The fourth-order valence-corrected chi connectivity index (χ4v) is 3.68. The van der Waals surface area contributed by atoms with Gasteiger partial charge in [-0.25, -0.2) is 4.98 Å². The SMILES string of the molecule is Cc1cc(Cl)nc(Cl)c1NC(=O)CSC1CCNCC1. The van der Waals surface area contributed by atoms with E-state index >= 15 is 0 Å². The topological polar surface area (TPSA) is 54.0 Å². The van der Waals surface area contributed by atoms with Crippen LogP contribution < -0.4 is 10.6 Å². The maximum absolute atomic E-state index is 12.0. The summed E-state index contributed by atoms with van der Waals surface area (Å²) in [6.07, 6.45) is 2.22. The zero-order valence-corrected chi connectivity index (χ0v) is 13.5. The van der Waals surface area contributed by atoms with Crippen LogP contribution in [-0.4, -0.2) is 35.0 Å². The van der Waals surface area contributed by atoms with E-state index in [1.54, 1.807) is 17.8 Å². The normalized spacial score (nSPS) is 16.1. The first-order chi connectivity index (χ1) is 9.56. The molecule has 0 atom stereocenters. The Morgan fingerprint density at radius 1 is 1.50 bits per heavy atom. The van der Waals surface area contributed by atoms with Gasteiger partial charge in [-0.15, -0.1) is 11.8 Å². The minimum atomic E-state index is -0.0531. The molecule has 20 heavy (non-hydrogen) atoms. The van der Waals surface area contributed by atoms with Gasteiger partial charge in [-0.1, -0.05) is 23.2 Å². The Kier molecular flexibility index (Phi) is 5.96. The number of nitrogens with one attached hydrogen (secondary N) is 2. The van der Waals surface area contributed by atoms with Crippen molar-refractivity contribution >= 4 is 46.6 Å². The van der Waals surface area contributed by atoms with Crippen molar-refractivity contribution in [2.24, 2.45) is 0 Å². The first-order valence-corrected chi connectivity index (χ1v) is 8.31. The van der Waals surface area contributed by atoms with Crippen LogP contribution >= 0.6 is 35.0 Å². The zero-order valence-electron chi connectivity index (χ0n) is 11.2. The van der Waals surface area contributed by atoms with Crippen molar-refractivity contribution in [2.45, 2.75) is 25.0 Å². The Morgan fingerprint density at radius 3 is 2.85 bits per heavy atom. The summed E-state index contributed by atoms with van der Waals surface area (Å²) in [7, 11) is 0. The number of carbonyl (C=O) groups excluding carboxylic acids is 1. The molecule has 4 nitrogen and oxygen atoms in total. The lowest BCUT2D eigenvalue weighted by atomic mass is 10.2. The van der Waals surface area contributed by atoms with Gasteiger partial charge in [-0.3, -0.25) is 4.79 Å². The Bertz CT molecular complexity index is 469. The number of piperidine rings is 1. The second kappa shape index (κ2) is 7.50. The fraction of sp³-hybridized carbons (Fsp3) is 0.538. The van der Waals surface area contributed by atoms with Crippen molar-refractivity contribution in [3.63, 3.8) is 0 Å². The van der Waals surface area contributed by atoms with Crippen LogP contribution in [0.25, 0.3) is 0 Å². The summed E-state index contributed by atoms with van der Waals surface area (Å²) in [6, 6.07) is 1.68. The molecule has 0 unspecified atom stereocenters. The quantitative estimate of drug-likeness (QED) is 0.831. The summed E-state index contributed by atoms with van der Waals surface area (Å²) in [4.78, 5) is 15.9. The van der Waals surface area contributed by atoms with Crippen LogP contribution in [0.3, 0.4) is 0 Å². The number of carbonyl (C=O) groups is 1. The molecule has 1 aliphatic heterocycles. The van der Waals surface area contributed by atoms with Crippen molar-refractivity contribution in [1.29, 1.82) is 0 Å². The van der Waals surface area contributed by atoms with E-state index in [0.29, 0.717) is 21.8 Å². The number of halogens is 2. The van der Waals surface area contributed by atoms with Crippen LogP contribution in [0.1, 0.15) is 18.4 Å². The molecule has 1 fully saturated rings. The largest absolute Gasteiger partial charge is 0.323 e. The molecule has 0 spiro atoms. The van der Waals surface area contributed by atoms with E-state index < -0.39 is 0 Å². The molecule has 1 aromatic rings. The average molecular weight is 334 g/mol. The highest BCUT2D eigenvalue weighted by Gasteiger charge is 2.16. The predicted molar refractivity (Wildman–Crippen MR) is 86.0 cm³/mol. The van der Waals surface area contributed by atoms with E-state index in [1.807, 2.05) is 6.92 Å². The molecule has 0 radical (unpaired) electrons. The molecular weight excluding hydrogens is 317 g/mol. The standard InChI is InChI=1S/C13H17Cl2N3OS/c1-8-6-10(14)17-13(15)12(8)18-11(19)7-20-9-2-4-16-5-3-9/h6,9,16H,2-5,7H2,1H3,(H,18,19). The lowest BCUT2D eigenvalue weighted by Crippen LogP contribution is -2.30. The van der Waals surface area contributed by atoms with Crippen LogP contribution in [0.2, 0.25) is 10.3 Å². The van der Waals surface area contributed by atoms with Crippen molar-refractivity contribution in [3.05, 3.63) is 21.9 Å². The minimum absolute atomic E-state index is 0.0531. The molecule has 1 aromatic heterocycles. The Hall–Kier alpha value is -0.490. The number of hydrogen-bond donors (Lipinski definition) is 2. The van der Waals surface area contributed by atoms with Crippen LogP contribution in [0, 0.1) is 6.92 Å². The van der Waals surface area contributed by atoms with Gasteiger partial charge in [-0.2, -0.15) is 0 Å². The number of hydrogen-bond acceptors (Lipinski definition) is 4. The molecule has 1 amide bonds. The summed E-state index contributed by atoms with van der Waals surface area (Å²) < 4.78 is 0. The number of amides is 1. The average Bonchev–Trinajstić information content (AvgIpc) is 2.42. The maximum Gasteiger partial charge on any atom is 0.234 e. The number of rotatable bonds is 4. The Labute approximate surface area is 133 Å². The Balaban J connectivity index is 1.88. The lowest BCUT2D eigenvalue weighted by molar-refractivity contribution is -0.113. The first-order valence-electron chi connectivity index (χ1n) is 6.51. The number of aromatic nitrogens is 1. The zero-order chi connectivity index (χ0) is 14.5. The molecule has 0 aliphatic carbocycles. The van der Waals surface area contributed by atoms with Gasteiger partial charge in [0.25, 0.3) is 0 Å². The third-order valence-corrected chi connectivity index (χ3v) is 4.98. The van der Waals surface area contributed by atoms with E-state index in [-0.39, 0.29) is 11.1 Å².